The Bertz CT molecular complexity index is 1360. The zero-order chi connectivity index (χ0) is 21.2. The van der Waals surface area contributed by atoms with Crippen molar-refractivity contribution < 1.29 is 4.79 Å². The highest BCUT2D eigenvalue weighted by Gasteiger charge is 2.31. The first-order valence-corrected chi connectivity index (χ1v) is 11.1. The Labute approximate surface area is 184 Å². The highest BCUT2D eigenvalue weighted by atomic mass is 16.2. The van der Waals surface area contributed by atoms with Gasteiger partial charge in [-0.25, -0.2) is 9.97 Å². The number of carbonyl (C=O) groups is 1. The van der Waals surface area contributed by atoms with Crippen LogP contribution >= 0.6 is 0 Å². The first-order valence-electron chi connectivity index (χ1n) is 11.1. The molecule has 3 aliphatic rings. The second kappa shape index (κ2) is 6.59. The number of carbonyl (C=O) groups excluding carboxylic acids is 1. The molecule has 0 spiro atoms. The Hall–Kier alpha value is -3.81. The molecule has 4 aromatic rings. The molecule has 0 unspecified atom stereocenters. The summed E-state index contributed by atoms with van der Waals surface area (Å²) in [5, 5.41) is 8.35. The van der Waals surface area contributed by atoms with Crippen LogP contribution in [0.15, 0.2) is 55.2 Å². The van der Waals surface area contributed by atoms with Crippen LogP contribution in [0.4, 0.5) is 5.82 Å². The Balaban J connectivity index is 1.19. The molecular weight excluding hydrogens is 402 g/mol. The van der Waals surface area contributed by atoms with E-state index >= 15 is 0 Å². The molecule has 0 saturated heterocycles. The Morgan fingerprint density at radius 1 is 1.00 bits per heavy atom. The van der Waals surface area contributed by atoms with E-state index < -0.39 is 0 Å². The molecule has 3 aromatic heterocycles. The third kappa shape index (κ3) is 2.86. The van der Waals surface area contributed by atoms with E-state index in [0.29, 0.717) is 24.3 Å². The van der Waals surface area contributed by atoms with E-state index in [0.717, 1.165) is 46.9 Å². The maximum absolute atomic E-state index is 13.3. The number of nitrogens with zero attached hydrogens (tertiary/aromatic N) is 7. The number of imidazole rings is 1. The van der Waals surface area contributed by atoms with Gasteiger partial charge >= 0.3 is 0 Å². The van der Waals surface area contributed by atoms with Crippen molar-refractivity contribution in [2.75, 3.05) is 4.90 Å². The topological polar surface area (TPSA) is 81.7 Å². The summed E-state index contributed by atoms with van der Waals surface area (Å²) in [5.74, 6) is 1.96. The molecule has 32 heavy (non-hydrogen) atoms. The minimum atomic E-state index is -0.0299. The Morgan fingerprint density at radius 2 is 1.91 bits per heavy atom. The van der Waals surface area contributed by atoms with Crippen LogP contribution in [0.25, 0.3) is 17.2 Å². The second-order valence-electron chi connectivity index (χ2n) is 8.89. The van der Waals surface area contributed by atoms with Crippen LogP contribution in [-0.2, 0) is 6.54 Å². The molecule has 0 N–H and O–H groups in total. The number of amides is 1. The summed E-state index contributed by atoms with van der Waals surface area (Å²) >= 11 is 0. The molecule has 2 saturated carbocycles. The van der Waals surface area contributed by atoms with E-state index in [9.17, 15) is 4.79 Å². The monoisotopic (exact) mass is 423 g/mol. The average Bonchev–Trinajstić information content (AvgIpc) is 3.73. The van der Waals surface area contributed by atoms with Crippen LogP contribution in [0.1, 0.15) is 59.3 Å². The van der Waals surface area contributed by atoms with Crippen LogP contribution in [0.5, 0.6) is 0 Å². The molecule has 7 rings (SSSR count). The van der Waals surface area contributed by atoms with Gasteiger partial charge < -0.3 is 9.13 Å². The lowest BCUT2D eigenvalue weighted by Gasteiger charge is -2.15. The van der Waals surface area contributed by atoms with Gasteiger partial charge in [0.25, 0.3) is 5.91 Å². The fraction of sp³-hybridized carbons (Fsp3) is 0.292. The van der Waals surface area contributed by atoms with Crippen molar-refractivity contribution in [3.63, 3.8) is 0 Å². The molecule has 0 radical (unpaired) electrons. The van der Waals surface area contributed by atoms with Gasteiger partial charge in [0.05, 0.1) is 18.6 Å². The molecule has 4 heterocycles. The number of rotatable bonds is 5. The van der Waals surface area contributed by atoms with E-state index in [2.05, 4.69) is 32.0 Å². The van der Waals surface area contributed by atoms with Crippen LogP contribution in [0.2, 0.25) is 0 Å². The van der Waals surface area contributed by atoms with E-state index in [-0.39, 0.29) is 5.91 Å². The lowest BCUT2D eigenvalue weighted by molar-refractivity contribution is 0.0996. The lowest BCUT2D eigenvalue weighted by atomic mass is 10.1. The predicted molar refractivity (Wildman–Crippen MR) is 118 cm³/mol. The van der Waals surface area contributed by atoms with Gasteiger partial charge in [0.15, 0.2) is 5.82 Å². The molecule has 2 fully saturated rings. The van der Waals surface area contributed by atoms with E-state index in [1.165, 1.54) is 12.8 Å². The standard InChI is InChI=1S/C24H21N7O/c32-24-19-10-18(29-12-21(25-13-29)15-4-5-15)7-6-16(19)11-30(24)22-3-1-2-20(27-22)23-28-26-14-31(23)17-8-9-17/h1-3,6-7,10,12-15,17H,4-5,8-9,11H2. The minimum absolute atomic E-state index is 0.0299. The van der Waals surface area contributed by atoms with Gasteiger partial charge in [-0.15, -0.1) is 10.2 Å². The van der Waals surface area contributed by atoms with Gasteiger partial charge in [0.1, 0.15) is 17.8 Å². The van der Waals surface area contributed by atoms with Crippen LogP contribution in [0.3, 0.4) is 0 Å². The zero-order valence-corrected chi connectivity index (χ0v) is 17.4. The Morgan fingerprint density at radius 3 is 2.75 bits per heavy atom. The largest absolute Gasteiger partial charge is 0.309 e. The van der Waals surface area contributed by atoms with Crippen molar-refractivity contribution in [1.29, 1.82) is 0 Å². The SMILES string of the molecule is O=C1c2cc(-n3cnc(C4CC4)c3)ccc2CN1c1cccc(-c2nncn2C2CC2)n1. The lowest BCUT2D eigenvalue weighted by Crippen LogP contribution is -2.24. The van der Waals surface area contributed by atoms with Gasteiger partial charge in [-0.3, -0.25) is 9.69 Å². The first-order chi connectivity index (χ1) is 15.7. The molecule has 1 aromatic carbocycles. The predicted octanol–water partition coefficient (Wildman–Crippen LogP) is 3.90. The maximum atomic E-state index is 13.3. The normalized spacial score (nSPS) is 17.8. The number of aromatic nitrogens is 6. The van der Waals surface area contributed by atoms with Gasteiger partial charge in [-0.2, -0.15) is 0 Å². The number of pyridine rings is 1. The summed E-state index contributed by atoms with van der Waals surface area (Å²) in [4.78, 5) is 24.4. The molecule has 1 aliphatic heterocycles. The molecule has 0 bridgehead atoms. The number of fused-ring (bicyclic) bond motifs is 1. The number of hydrogen-bond donors (Lipinski definition) is 0. The second-order valence-corrected chi connectivity index (χ2v) is 8.89. The molecule has 0 atom stereocenters. The van der Waals surface area contributed by atoms with Gasteiger partial charge in [0, 0.05) is 29.4 Å². The van der Waals surface area contributed by atoms with Crippen LogP contribution in [-0.4, -0.2) is 35.2 Å². The van der Waals surface area contributed by atoms with Gasteiger partial charge in [-0.1, -0.05) is 12.1 Å². The first kappa shape index (κ1) is 17.8. The van der Waals surface area contributed by atoms with Crippen LogP contribution < -0.4 is 4.90 Å². The third-order valence-electron chi connectivity index (χ3n) is 6.55. The highest BCUT2D eigenvalue weighted by molar-refractivity contribution is 6.09. The van der Waals surface area contributed by atoms with E-state index in [4.69, 9.17) is 4.98 Å². The van der Waals surface area contributed by atoms with Crippen molar-refractivity contribution in [1.82, 2.24) is 29.3 Å². The van der Waals surface area contributed by atoms with Crippen molar-refractivity contribution >= 4 is 11.7 Å². The molecule has 8 heteroatoms. The quantitative estimate of drug-likeness (QED) is 0.486. The van der Waals surface area contributed by atoms with Crippen molar-refractivity contribution in [2.45, 2.75) is 44.2 Å². The molecule has 158 valence electrons. The molecular formula is C24H21N7O. The fourth-order valence-electron chi connectivity index (χ4n) is 4.45. The smallest absolute Gasteiger partial charge is 0.260 e. The number of hydrogen-bond acceptors (Lipinski definition) is 5. The summed E-state index contributed by atoms with van der Waals surface area (Å²) < 4.78 is 4.09. The summed E-state index contributed by atoms with van der Waals surface area (Å²) in [6.45, 7) is 0.511. The van der Waals surface area contributed by atoms with Gasteiger partial charge in [-0.05, 0) is 55.5 Å². The minimum Gasteiger partial charge on any atom is -0.309 e. The third-order valence-corrected chi connectivity index (χ3v) is 6.55. The summed E-state index contributed by atoms with van der Waals surface area (Å²) in [6.07, 6.45) is 10.4. The fourth-order valence-corrected chi connectivity index (χ4v) is 4.45. The van der Waals surface area contributed by atoms with Crippen molar-refractivity contribution in [3.05, 3.63) is 72.1 Å². The number of benzene rings is 1. The summed E-state index contributed by atoms with van der Waals surface area (Å²) in [7, 11) is 0. The van der Waals surface area contributed by atoms with Crippen LogP contribution in [0, 0.1) is 0 Å². The maximum Gasteiger partial charge on any atom is 0.260 e. The summed E-state index contributed by atoms with van der Waals surface area (Å²) in [6, 6.07) is 12.2. The van der Waals surface area contributed by atoms with Gasteiger partial charge in [0.2, 0.25) is 0 Å². The van der Waals surface area contributed by atoms with Crippen molar-refractivity contribution in [2.24, 2.45) is 0 Å². The van der Waals surface area contributed by atoms with Crippen molar-refractivity contribution in [3.8, 4) is 17.2 Å². The molecule has 1 amide bonds. The van der Waals surface area contributed by atoms with E-state index in [1.54, 1.807) is 11.2 Å². The average molecular weight is 423 g/mol. The molecule has 2 aliphatic carbocycles. The highest BCUT2D eigenvalue weighted by Crippen LogP contribution is 2.39. The Kier molecular flexibility index (Phi) is 3.67. The number of anilines is 1. The molecule has 8 nitrogen and oxygen atoms in total. The zero-order valence-electron chi connectivity index (χ0n) is 17.4. The summed E-state index contributed by atoms with van der Waals surface area (Å²) in [5.41, 5.74) is 4.56. The van der Waals surface area contributed by atoms with E-state index in [1.807, 2.05) is 41.2 Å².